The highest BCUT2D eigenvalue weighted by Crippen LogP contribution is 2.21. The van der Waals surface area contributed by atoms with E-state index in [4.69, 9.17) is 4.74 Å². The monoisotopic (exact) mass is 397 g/mol. The largest absolute Gasteiger partial charge is 0.379 e. The molecule has 1 aromatic rings. The summed E-state index contributed by atoms with van der Waals surface area (Å²) in [6.45, 7) is 6.59. The number of carbonyl (C=O) groups excluding carboxylic acids is 2. The fourth-order valence-electron chi connectivity index (χ4n) is 2.79. The predicted octanol–water partition coefficient (Wildman–Crippen LogP) is 0.613. The van der Waals surface area contributed by atoms with Crippen LogP contribution >= 0.6 is 0 Å². The van der Waals surface area contributed by atoms with Crippen molar-refractivity contribution in [2.75, 3.05) is 39.9 Å². The Labute approximate surface area is 160 Å². The van der Waals surface area contributed by atoms with Gasteiger partial charge in [-0.2, -0.15) is 4.31 Å². The number of ether oxygens (including phenoxy) is 1. The summed E-state index contributed by atoms with van der Waals surface area (Å²) in [5.41, 5.74) is 0.918. The lowest BCUT2D eigenvalue weighted by molar-refractivity contribution is -0.122. The van der Waals surface area contributed by atoms with Gasteiger partial charge in [-0.1, -0.05) is 6.07 Å². The highest BCUT2D eigenvalue weighted by molar-refractivity contribution is 7.89. The minimum absolute atomic E-state index is 0.0234. The molecule has 27 heavy (non-hydrogen) atoms. The summed E-state index contributed by atoms with van der Waals surface area (Å²) in [5.74, 6) is -0.666. The van der Waals surface area contributed by atoms with E-state index in [0.29, 0.717) is 18.8 Å². The second kappa shape index (κ2) is 8.81. The Morgan fingerprint density at radius 2 is 1.89 bits per heavy atom. The highest BCUT2D eigenvalue weighted by atomic mass is 32.2. The standard InChI is InChI=1S/C18H27N3O5S/c1-13(2)19-17(22)12-20(4)18(23)16-11-15(6-5-14(16)3)27(24,25)21-7-9-26-10-8-21/h5-6,11,13H,7-10,12H2,1-4H3,(H,19,22). The Kier molecular flexibility index (Phi) is 6.96. The predicted molar refractivity (Wildman–Crippen MR) is 101 cm³/mol. The van der Waals surface area contributed by atoms with E-state index >= 15 is 0 Å². The van der Waals surface area contributed by atoms with Crippen molar-refractivity contribution in [3.05, 3.63) is 29.3 Å². The van der Waals surface area contributed by atoms with Crippen LogP contribution in [0.1, 0.15) is 29.8 Å². The molecule has 1 N–H and O–H groups in total. The molecule has 0 radical (unpaired) electrons. The number of likely N-dealkylation sites (N-methyl/N-ethyl adjacent to an activating group) is 1. The molecule has 1 heterocycles. The van der Waals surface area contributed by atoms with Gasteiger partial charge in [0, 0.05) is 31.7 Å². The maximum Gasteiger partial charge on any atom is 0.254 e. The average Bonchev–Trinajstić information content (AvgIpc) is 2.61. The van der Waals surface area contributed by atoms with Gasteiger partial charge in [-0.3, -0.25) is 9.59 Å². The highest BCUT2D eigenvalue weighted by Gasteiger charge is 2.28. The van der Waals surface area contributed by atoms with Crippen molar-refractivity contribution in [1.29, 1.82) is 0 Å². The van der Waals surface area contributed by atoms with Gasteiger partial charge in [-0.15, -0.1) is 0 Å². The Balaban J connectivity index is 2.23. The Morgan fingerprint density at radius 3 is 2.48 bits per heavy atom. The Bertz CT molecular complexity index is 801. The normalized spacial score (nSPS) is 15.6. The van der Waals surface area contributed by atoms with Crippen molar-refractivity contribution in [3.63, 3.8) is 0 Å². The van der Waals surface area contributed by atoms with E-state index < -0.39 is 15.9 Å². The third kappa shape index (κ3) is 5.27. The molecule has 2 rings (SSSR count). The number of carbonyl (C=O) groups is 2. The van der Waals surface area contributed by atoms with Crippen LogP contribution in [0.15, 0.2) is 23.1 Å². The number of nitrogens with one attached hydrogen (secondary N) is 1. The first-order valence-corrected chi connectivity index (χ1v) is 10.3. The van der Waals surface area contributed by atoms with E-state index in [1.807, 2.05) is 13.8 Å². The van der Waals surface area contributed by atoms with Crippen LogP contribution in [0, 0.1) is 6.92 Å². The van der Waals surface area contributed by atoms with Crippen LogP contribution in [-0.2, 0) is 19.6 Å². The van der Waals surface area contributed by atoms with Gasteiger partial charge >= 0.3 is 0 Å². The molecular weight excluding hydrogens is 370 g/mol. The van der Waals surface area contributed by atoms with E-state index in [-0.39, 0.29) is 42.0 Å². The second-order valence-electron chi connectivity index (χ2n) is 6.88. The van der Waals surface area contributed by atoms with Crippen LogP contribution in [0.25, 0.3) is 0 Å². The number of amides is 2. The zero-order chi connectivity index (χ0) is 20.2. The number of rotatable bonds is 6. The average molecular weight is 397 g/mol. The summed E-state index contributed by atoms with van der Waals surface area (Å²) in [6, 6.07) is 4.48. The maximum absolute atomic E-state index is 12.8. The van der Waals surface area contributed by atoms with Gasteiger partial charge in [0.05, 0.1) is 24.7 Å². The first kappa shape index (κ1) is 21.3. The van der Waals surface area contributed by atoms with E-state index in [9.17, 15) is 18.0 Å². The van der Waals surface area contributed by atoms with Gasteiger partial charge in [-0.05, 0) is 38.5 Å². The molecule has 0 spiro atoms. The molecule has 1 aliphatic rings. The van der Waals surface area contributed by atoms with Gasteiger partial charge in [0.1, 0.15) is 0 Å². The number of benzene rings is 1. The lowest BCUT2D eigenvalue weighted by Crippen LogP contribution is -2.41. The van der Waals surface area contributed by atoms with Crippen molar-refractivity contribution in [3.8, 4) is 0 Å². The van der Waals surface area contributed by atoms with Gasteiger partial charge in [-0.25, -0.2) is 8.42 Å². The minimum Gasteiger partial charge on any atom is -0.379 e. The molecule has 1 fully saturated rings. The van der Waals surface area contributed by atoms with Gasteiger partial charge in [0.2, 0.25) is 15.9 Å². The van der Waals surface area contributed by atoms with Crippen molar-refractivity contribution in [1.82, 2.24) is 14.5 Å². The van der Waals surface area contributed by atoms with Crippen molar-refractivity contribution >= 4 is 21.8 Å². The molecule has 0 aromatic heterocycles. The molecule has 2 amide bonds. The third-order valence-electron chi connectivity index (χ3n) is 4.22. The first-order chi connectivity index (χ1) is 12.6. The first-order valence-electron chi connectivity index (χ1n) is 8.86. The third-order valence-corrected chi connectivity index (χ3v) is 6.12. The van der Waals surface area contributed by atoms with Crippen LogP contribution in [-0.4, -0.2) is 75.4 Å². The van der Waals surface area contributed by atoms with E-state index in [0.717, 1.165) is 0 Å². The summed E-state index contributed by atoms with van der Waals surface area (Å²) in [6.07, 6.45) is 0. The molecule has 0 aliphatic carbocycles. The molecule has 1 aromatic carbocycles. The second-order valence-corrected chi connectivity index (χ2v) is 8.81. The number of aryl methyl sites for hydroxylation is 1. The fourth-order valence-corrected chi connectivity index (χ4v) is 4.22. The van der Waals surface area contributed by atoms with Gasteiger partial charge in [0.25, 0.3) is 5.91 Å². The zero-order valence-corrected chi connectivity index (χ0v) is 17.0. The molecule has 0 unspecified atom stereocenters. The van der Waals surface area contributed by atoms with Crippen LogP contribution in [0.3, 0.4) is 0 Å². The van der Waals surface area contributed by atoms with E-state index in [1.54, 1.807) is 13.0 Å². The van der Waals surface area contributed by atoms with Crippen LogP contribution in [0.4, 0.5) is 0 Å². The summed E-state index contributed by atoms with van der Waals surface area (Å²) >= 11 is 0. The number of hydrogen-bond donors (Lipinski definition) is 1. The fraction of sp³-hybridized carbons (Fsp3) is 0.556. The number of morpholine rings is 1. The number of sulfonamides is 1. The zero-order valence-electron chi connectivity index (χ0n) is 16.2. The lowest BCUT2D eigenvalue weighted by Gasteiger charge is -2.26. The minimum atomic E-state index is -3.70. The number of hydrogen-bond acceptors (Lipinski definition) is 5. The molecule has 0 saturated carbocycles. The molecule has 0 bridgehead atoms. The van der Waals surface area contributed by atoms with E-state index in [2.05, 4.69) is 5.32 Å². The SMILES string of the molecule is Cc1ccc(S(=O)(=O)N2CCOCC2)cc1C(=O)N(C)CC(=O)NC(C)C. The van der Waals surface area contributed by atoms with Crippen molar-refractivity contribution < 1.29 is 22.7 Å². The maximum atomic E-state index is 12.8. The molecule has 8 nitrogen and oxygen atoms in total. The number of nitrogens with zero attached hydrogens (tertiary/aromatic N) is 2. The van der Waals surface area contributed by atoms with E-state index in [1.165, 1.54) is 28.4 Å². The Hall–Kier alpha value is -1.97. The molecular formula is C18H27N3O5S. The summed E-state index contributed by atoms with van der Waals surface area (Å²) in [5, 5.41) is 2.73. The lowest BCUT2D eigenvalue weighted by atomic mass is 10.1. The summed E-state index contributed by atoms with van der Waals surface area (Å²) in [7, 11) is -2.18. The quantitative estimate of drug-likeness (QED) is 0.759. The smallest absolute Gasteiger partial charge is 0.254 e. The van der Waals surface area contributed by atoms with Crippen molar-refractivity contribution in [2.24, 2.45) is 0 Å². The van der Waals surface area contributed by atoms with Crippen molar-refractivity contribution in [2.45, 2.75) is 31.7 Å². The van der Waals surface area contributed by atoms with Gasteiger partial charge < -0.3 is 15.0 Å². The Morgan fingerprint density at radius 1 is 1.26 bits per heavy atom. The molecule has 1 aliphatic heterocycles. The topological polar surface area (TPSA) is 96.0 Å². The summed E-state index contributed by atoms with van der Waals surface area (Å²) in [4.78, 5) is 26.0. The molecule has 9 heteroatoms. The molecule has 0 atom stereocenters. The van der Waals surface area contributed by atoms with Crippen LogP contribution < -0.4 is 5.32 Å². The van der Waals surface area contributed by atoms with Crippen LogP contribution in [0.2, 0.25) is 0 Å². The molecule has 1 saturated heterocycles. The van der Waals surface area contributed by atoms with Crippen LogP contribution in [0.5, 0.6) is 0 Å². The molecule has 150 valence electrons. The van der Waals surface area contributed by atoms with Gasteiger partial charge in [0.15, 0.2) is 0 Å². The summed E-state index contributed by atoms with van der Waals surface area (Å²) < 4.78 is 32.2.